The topological polar surface area (TPSA) is 38.0 Å². The van der Waals surface area contributed by atoms with Crippen molar-refractivity contribution < 1.29 is 0 Å². The van der Waals surface area contributed by atoms with Crippen LogP contribution in [0.1, 0.15) is 37.3 Å². The Labute approximate surface area is 86.5 Å². The summed E-state index contributed by atoms with van der Waals surface area (Å²) in [7, 11) is 0. The standard InChI is InChI=1S/C12H20N2/c1-3-10(2)12-6-4-11(5-7-12)8-9-14-13/h4-7,10,14H,3,8-9,13H2,1-2H3. The van der Waals surface area contributed by atoms with Crippen molar-refractivity contribution in [3.8, 4) is 0 Å². The van der Waals surface area contributed by atoms with E-state index in [1.54, 1.807) is 0 Å². The minimum absolute atomic E-state index is 0.664. The fourth-order valence-electron chi connectivity index (χ4n) is 1.47. The molecule has 1 aromatic rings. The molecule has 78 valence electrons. The van der Waals surface area contributed by atoms with Crippen molar-refractivity contribution in [1.29, 1.82) is 0 Å². The zero-order valence-corrected chi connectivity index (χ0v) is 9.09. The highest BCUT2D eigenvalue weighted by Crippen LogP contribution is 2.18. The van der Waals surface area contributed by atoms with Crippen LogP contribution >= 0.6 is 0 Å². The number of benzene rings is 1. The molecule has 0 aromatic heterocycles. The van der Waals surface area contributed by atoms with E-state index in [9.17, 15) is 0 Å². The number of nitrogens with one attached hydrogen (secondary N) is 1. The lowest BCUT2D eigenvalue weighted by atomic mass is 9.97. The van der Waals surface area contributed by atoms with Crippen LogP contribution in [-0.2, 0) is 6.42 Å². The van der Waals surface area contributed by atoms with Gasteiger partial charge in [-0.3, -0.25) is 11.3 Å². The maximum Gasteiger partial charge on any atom is 0.0138 e. The van der Waals surface area contributed by atoms with E-state index < -0.39 is 0 Å². The van der Waals surface area contributed by atoms with Gasteiger partial charge >= 0.3 is 0 Å². The Kier molecular flexibility index (Phi) is 4.63. The van der Waals surface area contributed by atoms with Gasteiger partial charge in [0.15, 0.2) is 0 Å². The predicted octanol–water partition coefficient (Wildman–Crippen LogP) is 2.21. The fourth-order valence-corrected chi connectivity index (χ4v) is 1.47. The summed E-state index contributed by atoms with van der Waals surface area (Å²) in [4.78, 5) is 0. The molecule has 0 saturated carbocycles. The third kappa shape index (κ3) is 3.13. The van der Waals surface area contributed by atoms with E-state index in [1.165, 1.54) is 17.5 Å². The first-order valence-corrected chi connectivity index (χ1v) is 5.30. The van der Waals surface area contributed by atoms with Crippen LogP contribution in [0.4, 0.5) is 0 Å². The fraction of sp³-hybridized carbons (Fsp3) is 0.500. The maximum absolute atomic E-state index is 5.23. The second-order valence-electron chi connectivity index (χ2n) is 3.76. The molecule has 0 saturated heterocycles. The van der Waals surface area contributed by atoms with Gasteiger partial charge in [0, 0.05) is 6.54 Å². The Hall–Kier alpha value is -0.860. The number of hydrogen-bond donors (Lipinski definition) is 2. The van der Waals surface area contributed by atoms with Crippen molar-refractivity contribution in [3.63, 3.8) is 0 Å². The molecule has 3 N–H and O–H groups in total. The Morgan fingerprint density at radius 3 is 2.43 bits per heavy atom. The summed E-state index contributed by atoms with van der Waals surface area (Å²) in [6.07, 6.45) is 2.20. The molecule has 2 nitrogen and oxygen atoms in total. The van der Waals surface area contributed by atoms with Crippen LogP contribution in [-0.4, -0.2) is 6.54 Å². The quantitative estimate of drug-likeness (QED) is 0.554. The van der Waals surface area contributed by atoms with Crippen LogP contribution in [0.5, 0.6) is 0 Å². The zero-order chi connectivity index (χ0) is 10.4. The second-order valence-corrected chi connectivity index (χ2v) is 3.76. The molecule has 0 aliphatic carbocycles. The number of nitrogens with two attached hydrogens (primary N) is 1. The minimum Gasteiger partial charge on any atom is -0.271 e. The Morgan fingerprint density at radius 2 is 1.93 bits per heavy atom. The molecule has 1 aromatic carbocycles. The van der Waals surface area contributed by atoms with E-state index in [0.717, 1.165) is 13.0 Å². The van der Waals surface area contributed by atoms with Gasteiger partial charge in [0.1, 0.15) is 0 Å². The molecule has 1 unspecified atom stereocenters. The molecule has 0 fully saturated rings. The average molecular weight is 192 g/mol. The lowest BCUT2D eigenvalue weighted by Crippen LogP contribution is -2.24. The molecular weight excluding hydrogens is 172 g/mol. The van der Waals surface area contributed by atoms with Crippen molar-refractivity contribution in [2.45, 2.75) is 32.6 Å². The van der Waals surface area contributed by atoms with Crippen LogP contribution in [0.3, 0.4) is 0 Å². The summed E-state index contributed by atoms with van der Waals surface area (Å²) in [6, 6.07) is 8.83. The van der Waals surface area contributed by atoms with Gasteiger partial charge in [-0.15, -0.1) is 0 Å². The van der Waals surface area contributed by atoms with Crippen molar-refractivity contribution in [3.05, 3.63) is 35.4 Å². The molecule has 0 radical (unpaired) electrons. The number of hydrogen-bond acceptors (Lipinski definition) is 2. The summed E-state index contributed by atoms with van der Waals surface area (Å²) < 4.78 is 0. The van der Waals surface area contributed by atoms with E-state index in [4.69, 9.17) is 5.84 Å². The zero-order valence-electron chi connectivity index (χ0n) is 9.09. The summed E-state index contributed by atoms with van der Waals surface area (Å²) in [6.45, 7) is 5.32. The molecule has 0 heterocycles. The maximum atomic E-state index is 5.23. The number of hydrazine groups is 1. The van der Waals surface area contributed by atoms with Crippen molar-refractivity contribution >= 4 is 0 Å². The van der Waals surface area contributed by atoms with E-state index >= 15 is 0 Å². The lowest BCUT2D eigenvalue weighted by Gasteiger charge is -2.09. The van der Waals surface area contributed by atoms with Crippen LogP contribution in [0, 0.1) is 0 Å². The Morgan fingerprint density at radius 1 is 1.29 bits per heavy atom. The van der Waals surface area contributed by atoms with Crippen LogP contribution < -0.4 is 11.3 Å². The van der Waals surface area contributed by atoms with E-state index in [0.29, 0.717) is 5.92 Å². The highest BCUT2D eigenvalue weighted by molar-refractivity contribution is 5.25. The summed E-state index contributed by atoms with van der Waals surface area (Å²) in [5.41, 5.74) is 5.44. The van der Waals surface area contributed by atoms with Gasteiger partial charge in [-0.2, -0.15) is 0 Å². The first kappa shape index (κ1) is 11.2. The van der Waals surface area contributed by atoms with Crippen molar-refractivity contribution in [2.75, 3.05) is 6.54 Å². The smallest absolute Gasteiger partial charge is 0.0138 e. The summed E-state index contributed by atoms with van der Waals surface area (Å²) in [5.74, 6) is 5.89. The summed E-state index contributed by atoms with van der Waals surface area (Å²) >= 11 is 0. The van der Waals surface area contributed by atoms with Crippen molar-refractivity contribution in [2.24, 2.45) is 5.84 Å². The van der Waals surface area contributed by atoms with Crippen LogP contribution in [0.2, 0.25) is 0 Å². The molecular formula is C12H20N2. The van der Waals surface area contributed by atoms with Gasteiger partial charge in [0.2, 0.25) is 0 Å². The summed E-state index contributed by atoms with van der Waals surface area (Å²) in [5, 5.41) is 0. The molecule has 0 spiro atoms. The van der Waals surface area contributed by atoms with Gasteiger partial charge in [-0.1, -0.05) is 38.1 Å². The first-order valence-electron chi connectivity index (χ1n) is 5.30. The Balaban J connectivity index is 2.59. The van der Waals surface area contributed by atoms with E-state index in [-0.39, 0.29) is 0 Å². The highest BCUT2D eigenvalue weighted by Gasteiger charge is 2.01. The normalized spacial score (nSPS) is 12.8. The van der Waals surface area contributed by atoms with E-state index in [2.05, 4.69) is 43.5 Å². The van der Waals surface area contributed by atoms with Gasteiger partial charge in [-0.25, -0.2) is 0 Å². The van der Waals surface area contributed by atoms with Gasteiger partial charge in [0.25, 0.3) is 0 Å². The van der Waals surface area contributed by atoms with Gasteiger partial charge in [0.05, 0.1) is 0 Å². The third-order valence-electron chi connectivity index (χ3n) is 2.72. The molecule has 0 bridgehead atoms. The minimum atomic E-state index is 0.664. The van der Waals surface area contributed by atoms with Gasteiger partial charge in [-0.05, 0) is 29.9 Å². The molecule has 0 amide bonds. The Bertz CT molecular complexity index is 254. The van der Waals surface area contributed by atoms with Crippen molar-refractivity contribution in [1.82, 2.24) is 5.43 Å². The highest BCUT2D eigenvalue weighted by atomic mass is 15.2. The SMILES string of the molecule is CCC(C)c1ccc(CCNN)cc1. The molecule has 1 atom stereocenters. The van der Waals surface area contributed by atoms with Crippen LogP contribution in [0.15, 0.2) is 24.3 Å². The second kappa shape index (κ2) is 5.78. The molecule has 14 heavy (non-hydrogen) atoms. The molecule has 1 rings (SSSR count). The first-order chi connectivity index (χ1) is 6.77. The number of rotatable bonds is 5. The largest absolute Gasteiger partial charge is 0.271 e. The van der Waals surface area contributed by atoms with Crippen LogP contribution in [0.25, 0.3) is 0 Å². The molecule has 2 heteroatoms. The molecule has 0 aliphatic rings. The predicted molar refractivity (Wildman–Crippen MR) is 61.0 cm³/mol. The average Bonchev–Trinajstić information content (AvgIpc) is 2.26. The third-order valence-corrected chi connectivity index (χ3v) is 2.72. The lowest BCUT2D eigenvalue weighted by molar-refractivity contribution is 0.722. The monoisotopic (exact) mass is 192 g/mol. The van der Waals surface area contributed by atoms with Gasteiger partial charge < -0.3 is 0 Å². The van der Waals surface area contributed by atoms with E-state index in [1.807, 2.05) is 0 Å². The molecule has 0 aliphatic heterocycles.